The van der Waals surface area contributed by atoms with Gasteiger partial charge in [0.1, 0.15) is 0 Å². The van der Waals surface area contributed by atoms with Crippen molar-refractivity contribution in [3.8, 4) is 11.4 Å². The van der Waals surface area contributed by atoms with Crippen LogP contribution in [0.15, 0.2) is 29.4 Å². The maximum absolute atomic E-state index is 12.9. The smallest absolute Gasteiger partial charge is 0.233 e. The van der Waals surface area contributed by atoms with Crippen LogP contribution in [-0.2, 0) is 9.59 Å². The summed E-state index contributed by atoms with van der Waals surface area (Å²) in [6.45, 7) is 2.82. The van der Waals surface area contributed by atoms with Gasteiger partial charge in [-0.05, 0) is 37.8 Å². The number of nitrogens with one attached hydrogen (secondary N) is 1. The molecule has 1 aliphatic heterocycles. The molecular formula is C22H28ClN5O2S. The third-order valence-electron chi connectivity index (χ3n) is 5.98. The average molecular weight is 462 g/mol. The molecule has 1 saturated heterocycles. The van der Waals surface area contributed by atoms with Crippen LogP contribution in [0, 0.1) is 0 Å². The van der Waals surface area contributed by atoms with E-state index in [1.54, 1.807) is 0 Å². The van der Waals surface area contributed by atoms with Crippen LogP contribution in [0.5, 0.6) is 0 Å². The first-order valence-corrected chi connectivity index (χ1v) is 12.3. The molecule has 1 saturated carbocycles. The van der Waals surface area contributed by atoms with Gasteiger partial charge in [-0.2, -0.15) is 0 Å². The average Bonchev–Trinajstić information content (AvgIpc) is 3.41. The van der Waals surface area contributed by atoms with Crippen molar-refractivity contribution in [2.45, 2.75) is 62.7 Å². The van der Waals surface area contributed by atoms with Crippen molar-refractivity contribution < 1.29 is 9.59 Å². The van der Waals surface area contributed by atoms with Crippen LogP contribution in [-0.4, -0.2) is 56.4 Å². The van der Waals surface area contributed by atoms with Gasteiger partial charge in [-0.15, -0.1) is 10.2 Å². The predicted molar refractivity (Wildman–Crippen MR) is 122 cm³/mol. The number of benzene rings is 1. The predicted octanol–water partition coefficient (Wildman–Crippen LogP) is 3.93. The van der Waals surface area contributed by atoms with Crippen LogP contribution in [0.1, 0.15) is 51.5 Å². The lowest BCUT2D eigenvalue weighted by molar-refractivity contribution is -0.130. The number of thioether (sulfide) groups is 1. The normalized spacial score (nSPS) is 19.5. The van der Waals surface area contributed by atoms with Crippen molar-refractivity contribution in [1.29, 1.82) is 0 Å². The first-order valence-electron chi connectivity index (χ1n) is 10.9. The molecule has 9 heteroatoms. The molecule has 7 nitrogen and oxygen atoms in total. The van der Waals surface area contributed by atoms with Crippen molar-refractivity contribution in [2.24, 2.45) is 0 Å². The quantitative estimate of drug-likeness (QED) is 0.659. The minimum absolute atomic E-state index is 0.0363. The molecule has 0 radical (unpaired) electrons. The van der Waals surface area contributed by atoms with Crippen LogP contribution in [0.2, 0.25) is 5.02 Å². The molecule has 2 heterocycles. The van der Waals surface area contributed by atoms with Gasteiger partial charge in [-0.1, -0.05) is 48.3 Å². The first-order chi connectivity index (χ1) is 15.0. The van der Waals surface area contributed by atoms with Gasteiger partial charge in [0, 0.05) is 37.7 Å². The molecule has 2 amide bonds. The van der Waals surface area contributed by atoms with E-state index in [9.17, 15) is 9.59 Å². The van der Waals surface area contributed by atoms with Crippen molar-refractivity contribution in [1.82, 2.24) is 25.0 Å². The van der Waals surface area contributed by atoms with Crippen LogP contribution in [0.4, 0.5) is 0 Å². The Morgan fingerprint density at radius 3 is 2.68 bits per heavy atom. The van der Waals surface area contributed by atoms with E-state index >= 15 is 0 Å². The van der Waals surface area contributed by atoms with Gasteiger partial charge in [0.25, 0.3) is 0 Å². The van der Waals surface area contributed by atoms with Gasteiger partial charge in [-0.25, -0.2) is 0 Å². The zero-order valence-corrected chi connectivity index (χ0v) is 19.3. The summed E-state index contributed by atoms with van der Waals surface area (Å²) in [5.74, 6) is 1.10. The Labute approximate surface area is 191 Å². The van der Waals surface area contributed by atoms with Gasteiger partial charge >= 0.3 is 0 Å². The molecule has 1 N–H and O–H groups in total. The van der Waals surface area contributed by atoms with Crippen LogP contribution < -0.4 is 5.32 Å². The summed E-state index contributed by atoms with van der Waals surface area (Å²) in [7, 11) is 0. The van der Waals surface area contributed by atoms with Crippen molar-refractivity contribution >= 4 is 35.2 Å². The lowest BCUT2D eigenvalue weighted by Crippen LogP contribution is -2.49. The van der Waals surface area contributed by atoms with E-state index in [1.165, 1.54) is 31.5 Å². The summed E-state index contributed by atoms with van der Waals surface area (Å²) in [5, 5.41) is 13.3. The Balaban J connectivity index is 1.49. The van der Waals surface area contributed by atoms with E-state index in [-0.39, 0.29) is 17.9 Å². The number of halogens is 1. The molecule has 2 fully saturated rings. The largest absolute Gasteiger partial charge is 0.352 e. The Morgan fingerprint density at radius 2 is 1.94 bits per heavy atom. The Kier molecular flexibility index (Phi) is 7.17. The molecule has 2 aromatic rings. The highest BCUT2D eigenvalue weighted by Crippen LogP contribution is 2.38. The summed E-state index contributed by atoms with van der Waals surface area (Å²) in [5.41, 5.74) is 0.871. The highest BCUT2D eigenvalue weighted by Gasteiger charge is 2.28. The van der Waals surface area contributed by atoms with Crippen LogP contribution >= 0.6 is 23.4 Å². The number of rotatable bonds is 6. The van der Waals surface area contributed by atoms with Gasteiger partial charge in [0.15, 0.2) is 11.0 Å². The zero-order chi connectivity index (χ0) is 21.8. The number of hydrogen-bond acceptors (Lipinski definition) is 5. The molecule has 1 aromatic heterocycles. The van der Waals surface area contributed by atoms with E-state index in [2.05, 4.69) is 20.1 Å². The fourth-order valence-corrected chi connectivity index (χ4v) is 5.65. The molecule has 1 atom stereocenters. The molecule has 166 valence electrons. The highest BCUT2D eigenvalue weighted by atomic mass is 35.5. The number of nitrogens with zero attached hydrogens (tertiary/aromatic N) is 4. The van der Waals surface area contributed by atoms with Gasteiger partial charge in [0.05, 0.1) is 10.8 Å². The minimum atomic E-state index is -0.0505. The molecule has 2 aliphatic rings. The molecular weight excluding hydrogens is 434 g/mol. The number of hydrogen-bond donors (Lipinski definition) is 1. The first kappa shape index (κ1) is 22.1. The number of carbonyl (C=O) groups excluding carboxylic acids is 2. The van der Waals surface area contributed by atoms with Gasteiger partial charge < -0.3 is 10.2 Å². The van der Waals surface area contributed by atoms with Gasteiger partial charge in [-0.3, -0.25) is 14.2 Å². The molecule has 0 spiro atoms. The Morgan fingerprint density at radius 1 is 1.16 bits per heavy atom. The lowest BCUT2D eigenvalue weighted by atomic mass is 10.1. The minimum Gasteiger partial charge on any atom is -0.352 e. The second-order valence-corrected chi connectivity index (χ2v) is 9.61. The number of amides is 2. The summed E-state index contributed by atoms with van der Waals surface area (Å²) in [4.78, 5) is 26.1. The van der Waals surface area contributed by atoms with Crippen LogP contribution in [0.3, 0.4) is 0 Å². The summed E-state index contributed by atoms with van der Waals surface area (Å²) < 4.78 is 2.18. The second-order valence-electron chi connectivity index (χ2n) is 8.26. The summed E-state index contributed by atoms with van der Waals surface area (Å²) in [6, 6.07) is 8.05. The maximum Gasteiger partial charge on any atom is 0.233 e. The van der Waals surface area contributed by atoms with E-state index in [4.69, 9.17) is 11.6 Å². The third kappa shape index (κ3) is 5.23. The topological polar surface area (TPSA) is 80.1 Å². The number of carbonyl (C=O) groups is 2. The second kappa shape index (κ2) is 10.0. The fraction of sp³-hybridized carbons (Fsp3) is 0.545. The molecule has 1 aliphatic carbocycles. The summed E-state index contributed by atoms with van der Waals surface area (Å²) in [6.07, 6.45) is 6.35. The standard InChI is InChI=1S/C22H28ClN5O2S/c1-15(29)24-16-7-6-12-27(13-16)20(30)14-31-22-26-25-21(18-10-4-5-11-19(18)23)28(22)17-8-2-3-9-17/h4-5,10-11,16-17H,2-3,6-9,12-14H2,1H3,(H,24,29). The molecule has 0 bridgehead atoms. The number of aromatic nitrogens is 3. The SMILES string of the molecule is CC(=O)NC1CCCN(C(=O)CSc2nnc(-c3ccccc3Cl)n2C2CCCC2)C1. The molecule has 4 rings (SSSR count). The molecule has 31 heavy (non-hydrogen) atoms. The van der Waals surface area contributed by atoms with Crippen molar-refractivity contribution in [2.75, 3.05) is 18.8 Å². The molecule has 1 unspecified atom stereocenters. The van der Waals surface area contributed by atoms with Crippen molar-refractivity contribution in [3.63, 3.8) is 0 Å². The van der Waals surface area contributed by atoms with Crippen LogP contribution in [0.25, 0.3) is 11.4 Å². The van der Waals surface area contributed by atoms with Crippen molar-refractivity contribution in [3.05, 3.63) is 29.3 Å². The number of likely N-dealkylation sites (tertiary alicyclic amines) is 1. The third-order valence-corrected chi connectivity index (χ3v) is 7.23. The zero-order valence-electron chi connectivity index (χ0n) is 17.7. The van der Waals surface area contributed by atoms with E-state index < -0.39 is 0 Å². The Bertz CT molecular complexity index is 944. The molecule has 1 aromatic carbocycles. The number of piperidine rings is 1. The van der Waals surface area contributed by atoms with E-state index in [0.717, 1.165) is 48.8 Å². The van der Waals surface area contributed by atoms with E-state index in [1.807, 2.05) is 29.2 Å². The summed E-state index contributed by atoms with van der Waals surface area (Å²) >= 11 is 7.89. The maximum atomic E-state index is 12.9. The fourth-order valence-electron chi connectivity index (χ4n) is 4.52. The monoisotopic (exact) mass is 461 g/mol. The highest BCUT2D eigenvalue weighted by molar-refractivity contribution is 7.99. The Hall–Kier alpha value is -2.06. The van der Waals surface area contributed by atoms with E-state index in [0.29, 0.717) is 23.4 Å². The lowest BCUT2D eigenvalue weighted by Gasteiger charge is -2.33. The van der Waals surface area contributed by atoms with Gasteiger partial charge in [0.2, 0.25) is 11.8 Å².